The number of amides is 1. The van der Waals surface area contributed by atoms with Crippen LogP contribution in [0.5, 0.6) is 5.75 Å². The fourth-order valence-electron chi connectivity index (χ4n) is 1.34. The molecule has 0 aliphatic carbocycles. The van der Waals surface area contributed by atoms with E-state index in [0.717, 1.165) is 17.9 Å². The largest absolute Gasteiger partial charge is 0.493 e. The Bertz CT molecular complexity index is 393. The van der Waals surface area contributed by atoms with Crippen LogP contribution in [0.2, 0.25) is 0 Å². The molecule has 0 spiro atoms. The average Bonchev–Trinajstić information content (AvgIpc) is 2.33. The molecule has 1 aromatic rings. The van der Waals surface area contributed by atoms with Gasteiger partial charge in [0.1, 0.15) is 5.75 Å². The van der Waals surface area contributed by atoms with E-state index in [4.69, 9.17) is 4.74 Å². The maximum atomic E-state index is 10.7. The van der Waals surface area contributed by atoms with E-state index in [1.807, 2.05) is 36.4 Å². The molecule has 1 N–H and O–H groups in total. The van der Waals surface area contributed by atoms with Crippen molar-refractivity contribution in [3.63, 3.8) is 0 Å². The molecule has 0 radical (unpaired) electrons. The molecule has 0 heterocycles. The van der Waals surface area contributed by atoms with Crippen molar-refractivity contribution in [1.82, 2.24) is 5.32 Å². The number of carbonyl (C=O) groups excluding carboxylic acids is 1. The van der Waals surface area contributed by atoms with Crippen LogP contribution >= 0.6 is 0 Å². The minimum absolute atomic E-state index is 0.0166. The number of nitrogens with one attached hydrogen (secondary N) is 1. The average molecular weight is 247 g/mol. The van der Waals surface area contributed by atoms with Gasteiger partial charge in [0.2, 0.25) is 5.91 Å². The van der Waals surface area contributed by atoms with E-state index in [1.54, 1.807) is 0 Å². The third-order valence-electron chi connectivity index (χ3n) is 2.24. The van der Waals surface area contributed by atoms with Gasteiger partial charge < -0.3 is 10.1 Å². The summed E-state index contributed by atoms with van der Waals surface area (Å²) >= 11 is 0. The normalized spacial score (nSPS) is 10.9. The molecule has 1 amide bonds. The van der Waals surface area contributed by atoms with Crippen molar-refractivity contribution in [2.45, 2.75) is 20.8 Å². The van der Waals surface area contributed by atoms with Crippen molar-refractivity contribution in [3.05, 3.63) is 35.9 Å². The fraction of sp³-hybridized carbons (Fsp3) is 0.400. The quantitative estimate of drug-likeness (QED) is 0.839. The highest BCUT2D eigenvalue weighted by Gasteiger charge is 1.96. The van der Waals surface area contributed by atoms with E-state index in [1.165, 1.54) is 6.92 Å². The predicted octanol–water partition coefficient (Wildman–Crippen LogP) is 2.87. The summed E-state index contributed by atoms with van der Waals surface area (Å²) in [6.45, 7) is 7.05. The Morgan fingerprint density at radius 1 is 1.33 bits per heavy atom. The van der Waals surface area contributed by atoms with E-state index >= 15 is 0 Å². The lowest BCUT2D eigenvalue weighted by atomic mass is 10.2. The van der Waals surface area contributed by atoms with Crippen LogP contribution in [0.25, 0.3) is 6.08 Å². The van der Waals surface area contributed by atoms with E-state index in [2.05, 4.69) is 19.2 Å². The topological polar surface area (TPSA) is 38.3 Å². The van der Waals surface area contributed by atoms with Crippen molar-refractivity contribution in [1.29, 1.82) is 0 Å². The Kier molecular flexibility index (Phi) is 5.98. The van der Waals surface area contributed by atoms with Gasteiger partial charge in [0.15, 0.2) is 0 Å². The molecular formula is C15H21NO2. The van der Waals surface area contributed by atoms with E-state index in [0.29, 0.717) is 12.5 Å². The molecule has 0 atom stereocenters. The summed E-state index contributed by atoms with van der Waals surface area (Å²) in [5.41, 5.74) is 1.09. The standard InChI is InChI=1S/C15H21NO2/c1-12(2)11-18-15-8-6-14(7-9-15)5-4-10-16-13(3)17/h4-9,12H,10-11H2,1-3H3,(H,16,17). The first-order valence-electron chi connectivity index (χ1n) is 6.22. The molecule has 0 aliphatic heterocycles. The smallest absolute Gasteiger partial charge is 0.217 e. The van der Waals surface area contributed by atoms with Crippen molar-refractivity contribution >= 4 is 12.0 Å². The molecule has 0 aliphatic rings. The molecular weight excluding hydrogens is 226 g/mol. The van der Waals surface area contributed by atoms with Crippen LogP contribution in [0, 0.1) is 5.92 Å². The summed E-state index contributed by atoms with van der Waals surface area (Å²) in [7, 11) is 0. The second-order valence-electron chi connectivity index (χ2n) is 4.61. The summed E-state index contributed by atoms with van der Waals surface area (Å²) in [5.74, 6) is 1.40. The zero-order valence-corrected chi connectivity index (χ0v) is 11.3. The predicted molar refractivity (Wildman–Crippen MR) is 74.5 cm³/mol. The van der Waals surface area contributed by atoms with Crippen molar-refractivity contribution in [2.24, 2.45) is 5.92 Å². The Morgan fingerprint density at radius 3 is 2.56 bits per heavy atom. The zero-order chi connectivity index (χ0) is 13.4. The second kappa shape index (κ2) is 7.54. The van der Waals surface area contributed by atoms with Gasteiger partial charge >= 0.3 is 0 Å². The summed E-state index contributed by atoms with van der Waals surface area (Å²) in [6.07, 6.45) is 3.90. The van der Waals surface area contributed by atoms with Crippen molar-refractivity contribution in [3.8, 4) is 5.75 Å². The van der Waals surface area contributed by atoms with Crippen LogP contribution in [0.15, 0.2) is 30.3 Å². The number of rotatable bonds is 6. The molecule has 0 unspecified atom stereocenters. The van der Waals surface area contributed by atoms with Gasteiger partial charge in [0, 0.05) is 13.5 Å². The van der Waals surface area contributed by atoms with E-state index in [-0.39, 0.29) is 5.91 Å². The molecule has 1 aromatic carbocycles. The number of carbonyl (C=O) groups is 1. The van der Waals surface area contributed by atoms with E-state index < -0.39 is 0 Å². The summed E-state index contributed by atoms with van der Waals surface area (Å²) in [6, 6.07) is 7.92. The lowest BCUT2D eigenvalue weighted by molar-refractivity contribution is -0.118. The monoisotopic (exact) mass is 247 g/mol. The first-order chi connectivity index (χ1) is 8.58. The summed E-state index contributed by atoms with van der Waals surface area (Å²) < 4.78 is 5.60. The van der Waals surface area contributed by atoms with Gasteiger partial charge in [-0.05, 0) is 23.6 Å². The zero-order valence-electron chi connectivity index (χ0n) is 11.3. The number of hydrogen-bond acceptors (Lipinski definition) is 2. The molecule has 3 nitrogen and oxygen atoms in total. The van der Waals surface area contributed by atoms with Gasteiger partial charge in [-0.2, -0.15) is 0 Å². The summed E-state index contributed by atoms with van der Waals surface area (Å²) in [4.78, 5) is 10.7. The van der Waals surface area contributed by atoms with Crippen LogP contribution in [0.4, 0.5) is 0 Å². The first kappa shape index (κ1) is 14.3. The molecule has 98 valence electrons. The fourth-order valence-corrected chi connectivity index (χ4v) is 1.34. The lowest BCUT2D eigenvalue weighted by Gasteiger charge is -2.08. The molecule has 0 bridgehead atoms. The third-order valence-corrected chi connectivity index (χ3v) is 2.24. The van der Waals surface area contributed by atoms with Crippen LogP contribution in [-0.2, 0) is 4.79 Å². The van der Waals surface area contributed by atoms with Crippen LogP contribution < -0.4 is 10.1 Å². The van der Waals surface area contributed by atoms with Crippen molar-refractivity contribution < 1.29 is 9.53 Å². The Labute approximate surface area is 109 Å². The van der Waals surface area contributed by atoms with Crippen molar-refractivity contribution in [2.75, 3.05) is 13.2 Å². The van der Waals surface area contributed by atoms with Gasteiger partial charge in [-0.15, -0.1) is 0 Å². The van der Waals surface area contributed by atoms with Gasteiger partial charge in [-0.1, -0.05) is 38.1 Å². The van der Waals surface area contributed by atoms with Gasteiger partial charge in [-0.3, -0.25) is 4.79 Å². The Morgan fingerprint density at radius 2 is 2.00 bits per heavy atom. The molecule has 0 fully saturated rings. The molecule has 0 saturated carbocycles. The SMILES string of the molecule is CC(=O)NCC=Cc1ccc(OCC(C)C)cc1. The molecule has 0 aromatic heterocycles. The van der Waals surface area contributed by atoms with Gasteiger partial charge in [0.05, 0.1) is 6.61 Å². The third kappa shape index (κ3) is 6.09. The first-order valence-corrected chi connectivity index (χ1v) is 6.22. The Hall–Kier alpha value is -1.77. The maximum Gasteiger partial charge on any atom is 0.217 e. The molecule has 3 heteroatoms. The molecule has 18 heavy (non-hydrogen) atoms. The minimum atomic E-state index is -0.0166. The molecule has 1 rings (SSSR count). The van der Waals surface area contributed by atoms with Gasteiger partial charge in [0.25, 0.3) is 0 Å². The van der Waals surface area contributed by atoms with E-state index in [9.17, 15) is 4.79 Å². The molecule has 0 saturated heterocycles. The highest BCUT2D eigenvalue weighted by Crippen LogP contribution is 2.14. The number of benzene rings is 1. The minimum Gasteiger partial charge on any atom is -0.493 e. The maximum absolute atomic E-state index is 10.7. The highest BCUT2D eigenvalue weighted by molar-refractivity contribution is 5.73. The van der Waals surface area contributed by atoms with Crippen LogP contribution in [-0.4, -0.2) is 19.1 Å². The highest BCUT2D eigenvalue weighted by atomic mass is 16.5. The lowest BCUT2D eigenvalue weighted by Crippen LogP contribution is -2.19. The Balaban J connectivity index is 2.42. The van der Waals surface area contributed by atoms with Crippen LogP contribution in [0.1, 0.15) is 26.3 Å². The summed E-state index contributed by atoms with van der Waals surface area (Å²) in [5, 5.41) is 2.71. The number of ether oxygens (including phenoxy) is 1. The van der Waals surface area contributed by atoms with Gasteiger partial charge in [-0.25, -0.2) is 0 Å². The van der Waals surface area contributed by atoms with Crippen LogP contribution in [0.3, 0.4) is 0 Å². The second-order valence-corrected chi connectivity index (χ2v) is 4.61. The number of hydrogen-bond donors (Lipinski definition) is 1.